The van der Waals surface area contributed by atoms with Crippen LogP contribution in [0.2, 0.25) is 0 Å². The first-order chi connectivity index (χ1) is 8.74. The maximum Gasteiger partial charge on any atom is 0.109 e. The molecule has 0 radical (unpaired) electrons. The third-order valence-electron chi connectivity index (χ3n) is 3.67. The molecule has 18 heavy (non-hydrogen) atoms. The van der Waals surface area contributed by atoms with Gasteiger partial charge in [0.15, 0.2) is 0 Å². The fourth-order valence-corrected chi connectivity index (χ4v) is 2.64. The molecule has 0 bridgehead atoms. The number of benzene rings is 1. The molecule has 0 N–H and O–H groups in total. The van der Waals surface area contributed by atoms with Gasteiger partial charge in [-0.3, -0.25) is 4.98 Å². The smallest absolute Gasteiger partial charge is 0.109 e. The summed E-state index contributed by atoms with van der Waals surface area (Å²) in [5, 5.41) is 8.66. The minimum atomic E-state index is 0.604. The summed E-state index contributed by atoms with van der Waals surface area (Å²) in [6, 6.07) is 4.29. The summed E-state index contributed by atoms with van der Waals surface area (Å²) in [6.07, 6.45) is 4.39. The zero-order valence-electron chi connectivity index (χ0n) is 10.5. The number of aryl methyl sites for hydroxylation is 2. The molecule has 0 spiro atoms. The van der Waals surface area contributed by atoms with E-state index in [2.05, 4.69) is 41.3 Å². The molecule has 1 fully saturated rings. The Bertz CT molecular complexity index is 768. The van der Waals surface area contributed by atoms with Crippen LogP contribution in [0, 0.1) is 13.8 Å². The van der Waals surface area contributed by atoms with Crippen molar-refractivity contribution >= 4 is 16.6 Å². The molecule has 0 amide bonds. The quantitative estimate of drug-likeness (QED) is 0.654. The molecular weight excluding hydrogens is 224 g/mol. The lowest BCUT2D eigenvalue weighted by Crippen LogP contribution is -1.95. The Balaban J connectivity index is 2.14. The van der Waals surface area contributed by atoms with Crippen molar-refractivity contribution < 1.29 is 0 Å². The average molecular weight is 238 g/mol. The van der Waals surface area contributed by atoms with Crippen molar-refractivity contribution in [3.05, 3.63) is 35.2 Å². The molecule has 4 heteroatoms. The summed E-state index contributed by atoms with van der Waals surface area (Å²) in [5.74, 6) is 0.604. The molecule has 4 rings (SSSR count). The molecule has 1 aliphatic carbocycles. The lowest BCUT2D eigenvalue weighted by Gasteiger charge is -2.05. The van der Waals surface area contributed by atoms with Gasteiger partial charge in [-0.1, -0.05) is 11.3 Å². The summed E-state index contributed by atoms with van der Waals surface area (Å²) in [5.41, 5.74) is 6.68. The third-order valence-corrected chi connectivity index (χ3v) is 3.67. The molecule has 1 aromatic carbocycles. The fourth-order valence-electron chi connectivity index (χ4n) is 2.64. The Hall–Kier alpha value is -1.97. The number of hydrogen-bond acceptors (Lipinski definition) is 3. The Morgan fingerprint density at radius 1 is 1.17 bits per heavy atom. The van der Waals surface area contributed by atoms with Crippen LogP contribution in [-0.4, -0.2) is 19.8 Å². The van der Waals surface area contributed by atoms with Gasteiger partial charge in [0.2, 0.25) is 0 Å². The van der Waals surface area contributed by atoms with E-state index in [9.17, 15) is 0 Å². The molecule has 1 aliphatic rings. The molecule has 2 heterocycles. The number of aromatic nitrogens is 4. The molecule has 4 nitrogen and oxygen atoms in total. The SMILES string of the molecule is Cc1cc(C)c2ncc3c(C4CC4)nnn3c2c1. The van der Waals surface area contributed by atoms with E-state index in [4.69, 9.17) is 0 Å². The lowest BCUT2D eigenvalue weighted by atomic mass is 10.1. The van der Waals surface area contributed by atoms with E-state index in [1.165, 1.54) is 24.0 Å². The fraction of sp³-hybridized carbons (Fsp3) is 0.357. The van der Waals surface area contributed by atoms with Crippen LogP contribution in [0.3, 0.4) is 0 Å². The lowest BCUT2D eigenvalue weighted by molar-refractivity contribution is 0.858. The Morgan fingerprint density at radius 2 is 2.00 bits per heavy atom. The minimum Gasteiger partial charge on any atom is -0.252 e. The average Bonchev–Trinajstić information content (AvgIpc) is 3.08. The monoisotopic (exact) mass is 238 g/mol. The maximum absolute atomic E-state index is 4.59. The third kappa shape index (κ3) is 1.29. The molecular formula is C14H14N4. The Morgan fingerprint density at radius 3 is 2.78 bits per heavy atom. The summed E-state index contributed by atoms with van der Waals surface area (Å²) < 4.78 is 1.94. The van der Waals surface area contributed by atoms with E-state index in [0.29, 0.717) is 5.92 Å². The van der Waals surface area contributed by atoms with Crippen LogP contribution in [0.25, 0.3) is 16.6 Å². The van der Waals surface area contributed by atoms with Crippen LogP contribution in [0.15, 0.2) is 18.3 Å². The van der Waals surface area contributed by atoms with Gasteiger partial charge in [0, 0.05) is 5.92 Å². The zero-order chi connectivity index (χ0) is 12.3. The largest absolute Gasteiger partial charge is 0.252 e. The van der Waals surface area contributed by atoms with E-state index in [-0.39, 0.29) is 0 Å². The first-order valence-electron chi connectivity index (χ1n) is 6.35. The van der Waals surface area contributed by atoms with Gasteiger partial charge in [-0.2, -0.15) is 0 Å². The van der Waals surface area contributed by atoms with Crippen molar-refractivity contribution in [2.75, 3.05) is 0 Å². The van der Waals surface area contributed by atoms with Crippen molar-refractivity contribution in [1.29, 1.82) is 0 Å². The minimum absolute atomic E-state index is 0.604. The van der Waals surface area contributed by atoms with Crippen LogP contribution in [0.5, 0.6) is 0 Å². The van der Waals surface area contributed by atoms with E-state index < -0.39 is 0 Å². The Labute approximate surface area is 105 Å². The molecule has 0 aliphatic heterocycles. The van der Waals surface area contributed by atoms with E-state index in [0.717, 1.165) is 22.2 Å². The van der Waals surface area contributed by atoms with Crippen LogP contribution in [-0.2, 0) is 0 Å². The summed E-state index contributed by atoms with van der Waals surface area (Å²) in [6.45, 7) is 4.19. The molecule has 3 aromatic rings. The van der Waals surface area contributed by atoms with E-state index in [1.807, 2.05) is 10.7 Å². The van der Waals surface area contributed by atoms with Crippen LogP contribution in [0.4, 0.5) is 0 Å². The van der Waals surface area contributed by atoms with Crippen molar-refractivity contribution in [3.8, 4) is 0 Å². The molecule has 1 saturated carbocycles. The highest BCUT2D eigenvalue weighted by molar-refractivity contribution is 5.81. The normalized spacial score (nSPS) is 15.7. The van der Waals surface area contributed by atoms with Gasteiger partial charge in [0.25, 0.3) is 0 Å². The summed E-state index contributed by atoms with van der Waals surface area (Å²) >= 11 is 0. The van der Waals surface area contributed by atoms with Gasteiger partial charge in [-0.25, -0.2) is 4.52 Å². The second kappa shape index (κ2) is 3.28. The standard InChI is InChI=1S/C14H14N4/c1-8-5-9(2)13-11(6-8)18-12(7-15-13)14(16-17-18)10-3-4-10/h5-7,10H,3-4H2,1-2H3. The maximum atomic E-state index is 4.59. The molecule has 0 unspecified atom stereocenters. The second-order valence-corrected chi connectivity index (χ2v) is 5.25. The summed E-state index contributed by atoms with van der Waals surface area (Å²) in [4.78, 5) is 4.59. The number of rotatable bonds is 1. The number of hydrogen-bond donors (Lipinski definition) is 0. The highest BCUT2D eigenvalue weighted by Gasteiger charge is 2.29. The first kappa shape index (κ1) is 10.00. The molecule has 0 saturated heterocycles. The topological polar surface area (TPSA) is 43.1 Å². The van der Waals surface area contributed by atoms with Gasteiger partial charge in [-0.05, 0) is 43.9 Å². The number of fused-ring (bicyclic) bond motifs is 3. The summed E-state index contributed by atoms with van der Waals surface area (Å²) in [7, 11) is 0. The zero-order valence-corrected chi connectivity index (χ0v) is 10.5. The van der Waals surface area contributed by atoms with E-state index in [1.54, 1.807) is 0 Å². The highest BCUT2D eigenvalue weighted by atomic mass is 15.4. The molecule has 90 valence electrons. The van der Waals surface area contributed by atoms with Gasteiger partial charge in [0.1, 0.15) is 5.52 Å². The van der Waals surface area contributed by atoms with E-state index >= 15 is 0 Å². The van der Waals surface area contributed by atoms with Crippen LogP contribution >= 0.6 is 0 Å². The van der Waals surface area contributed by atoms with Crippen molar-refractivity contribution in [3.63, 3.8) is 0 Å². The van der Waals surface area contributed by atoms with Gasteiger partial charge in [-0.15, -0.1) is 5.10 Å². The Kier molecular flexibility index (Phi) is 1.82. The van der Waals surface area contributed by atoms with Crippen molar-refractivity contribution in [2.24, 2.45) is 0 Å². The predicted molar refractivity (Wildman–Crippen MR) is 69.7 cm³/mol. The van der Waals surface area contributed by atoms with Crippen LogP contribution < -0.4 is 0 Å². The second-order valence-electron chi connectivity index (χ2n) is 5.25. The van der Waals surface area contributed by atoms with Crippen molar-refractivity contribution in [1.82, 2.24) is 19.8 Å². The van der Waals surface area contributed by atoms with Gasteiger partial charge < -0.3 is 0 Å². The van der Waals surface area contributed by atoms with Crippen LogP contribution in [0.1, 0.15) is 35.6 Å². The number of nitrogens with zero attached hydrogens (tertiary/aromatic N) is 4. The molecule has 0 atom stereocenters. The highest BCUT2D eigenvalue weighted by Crippen LogP contribution is 2.40. The van der Waals surface area contributed by atoms with Gasteiger partial charge >= 0.3 is 0 Å². The van der Waals surface area contributed by atoms with Gasteiger partial charge in [0.05, 0.1) is 22.9 Å². The predicted octanol–water partition coefficient (Wildman–Crippen LogP) is 2.77. The first-order valence-corrected chi connectivity index (χ1v) is 6.35. The van der Waals surface area contributed by atoms with Crippen molar-refractivity contribution in [2.45, 2.75) is 32.6 Å². The molecule has 2 aromatic heterocycles.